The molecule has 0 bridgehead atoms. The molecule has 0 aromatic heterocycles. The minimum atomic E-state index is 0.385. The van der Waals surface area contributed by atoms with Crippen molar-refractivity contribution in [1.82, 2.24) is 4.90 Å². The molecule has 0 aliphatic carbocycles. The fraction of sp³-hybridized carbons (Fsp3) is 1.00. The van der Waals surface area contributed by atoms with Crippen LogP contribution in [0.5, 0.6) is 0 Å². The Bertz CT molecular complexity index is 154. The first-order chi connectivity index (χ1) is 5.45. The summed E-state index contributed by atoms with van der Waals surface area (Å²) in [5, 5.41) is 0. The molecule has 1 heterocycles. The van der Waals surface area contributed by atoms with Crippen LogP contribution in [0.2, 0.25) is 0 Å². The van der Waals surface area contributed by atoms with Gasteiger partial charge in [-0.2, -0.15) is 11.8 Å². The summed E-state index contributed by atoms with van der Waals surface area (Å²) in [5.41, 5.74) is 0.385. The number of nitrogens with zero attached hydrogens (tertiary/aromatic N) is 1. The van der Waals surface area contributed by atoms with Crippen molar-refractivity contribution < 1.29 is 0 Å². The van der Waals surface area contributed by atoms with Crippen LogP contribution in [0.3, 0.4) is 0 Å². The third kappa shape index (κ3) is 1.97. The van der Waals surface area contributed by atoms with Crippen LogP contribution in [0.4, 0.5) is 0 Å². The molecule has 1 fully saturated rings. The molecule has 1 nitrogen and oxygen atoms in total. The molecule has 1 rings (SSSR count). The van der Waals surface area contributed by atoms with Gasteiger partial charge in [0.25, 0.3) is 0 Å². The highest BCUT2D eigenvalue weighted by atomic mass is 32.2. The van der Waals surface area contributed by atoms with Crippen molar-refractivity contribution in [2.24, 2.45) is 0 Å². The lowest BCUT2D eigenvalue weighted by molar-refractivity contribution is 0.0635. The van der Waals surface area contributed by atoms with E-state index in [1.165, 1.54) is 11.5 Å². The van der Waals surface area contributed by atoms with Crippen molar-refractivity contribution >= 4 is 11.8 Å². The molecule has 0 amide bonds. The van der Waals surface area contributed by atoms with Crippen molar-refractivity contribution in [1.29, 1.82) is 0 Å². The molecule has 0 saturated carbocycles. The Morgan fingerprint density at radius 2 is 2.00 bits per heavy atom. The summed E-state index contributed by atoms with van der Waals surface area (Å²) in [6.07, 6.45) is 0. The molecule has 1 aliphatic rings. The van der Waals surface area contributed by atoms with E-state index in [0.717, 1.165) is 6.04 Å². The Labute approximate surface area is 80.9 Å². The second-order valence-electron chi connectivity index (χ2n) is 4.68. The highest BCUT2D eigenvalue weighted by Crippen LogP contribution is 2.31. The van der Waals surface area contributed by atoms with E-state index in [2.05, 4.69) is 51.3 Å². The van der Waals surface area contributed by atoms with Crippen LogP contribution < -0.4 is 0 Å². The van der Waals surface area contributed by atoms with Crippen molar-refractivity contribution in [2.45, 2.75) is 52.2 Å². The molecule has 12 heavy (non-hydrogen) atoms. The summed E-state index contributed by atoms with van der Waals surface area (Å²) < 4.78 is 0. The minimum Gasteiger partial charge on any atom is -0.292 e. The van der Waals surface area contributed by atoms with E-state index in [1.807, 2.05) is 0 Å². The maximum atomic E-state index is 2.64. The van der Waals surface area contributed by atoms with Gasteiger partial charge >= 0.3 is 0 Å². The third-order valence-electron chi connectivity index (χ3n) is 2.54. The van der Waals surface area contributed by atoms with Crippen LogP contribution in [0.25, 0.3) is 0 Å². The molecule has 1 unspecified atom stereocenters. The fourth-order valence-corrected chi connectivity index (χ4v) is 3.71. The summed E-state index contributed by atoms with van der Waals surface area (Å²) in [6.45, 7) is 11.7. The zero-order chi connectivity index (χ0) is 9.35. The Kier molecular flexibility index (Phi) is 3.11. The topological polar surface area (TPSA) is 3.24 Å². The molecule has 0 aromatic carbocycles. The second kappa shape index (κ2) is 3.59. The maximum Gasteiger partial charge on any atom is 0.0249 e. The highest BCUT2D eigenvalue weighted by molar-refractivity contribution is 7.99. The lowest BCUT2D eigenvalue weighted by Crippen LogP contribution is -2.57. The molecule has 1 aliphatic heterocycles. The van der Waals surface area contributed by atoms with E-state index >= 15 is 0 Å². The highest BCUT2D eigenvalue weighted by Gasteiger charge is 2.35. The number of thioether (sulfide) groups is 1. The average Bonchev–Trinajstić information content (AvgIpc) is 1.82. The molecule has 1 atom stereocenters. The van der Waals surface area contributed by atoms with Crippen molar-refractivity contribution in [2.75, 3.05) is 11.5 Å². The van der Waals surface area contributed by atoms with Crippen LogP contribution >= 0.6 is 11.8 Å². The normalized spacial score (nSPS) is 31.0. The Morgan fingerprint density at radius 3 is 2.33 bits per heavy atom. The van der Waals surface area contributed by atoms with Gasteiger partial charge in [-0.05, 0) is 34.6 Å². The summed E-state index contributed by atoms with van der Waals surface area (Å²) in [6, 6.07) is 1.41. The zero-order valence-electron chi connectivity index (χ0n) is 8.92. The summed E-state index contributed by atoms with van der Waals surface area (Å²) in [4.78, 5) is 2.64. The average molecular weight is 187 g/mol. The molecular formula is C10H21NS. The standard InChI is InChI=1S/C10H21NS/c1-8(2)11-9(3)6-12-7-10(11,4)5/h8-9H,6-7H2,1-5H3. The Hall–Kier alpha value is 0.310. The van der Waals surface area contributed by atoms with Gasteiger partial charge in [-0.15, -0.1) is 0 Å². The van der Waals surface area contributed by atoms with Gasteiger partial charge in [-0.1, -0.05) is 0 Å². The van der Waals surface area contributed by atoms with E-state index in [0.29, 0.717) is 11.6 Å². The van der Waals surface area contributed by atoms with Gasteiger partial charge in [-0.3, -0.25) is 4.90 Å². The van der Waals surface area contributed by atoms with Gasteiger partial charge in [0.05, 0.1) is 0 Å². The van der Waals surface area contributed by atoms with E-state index in [1.54, 1.807) is 0 Å². The van der Waals surface area contributed by atoms with Crippen LogP contribution in [0.1, 0.15) is 34.6 Å². The quantitative estimate of drug-likeness (QED) is 0.621. The summed E-state index contributed by atoms with van der Waals surface area (Å²) in [7, 11) is 0. The molecule has 2 heteroatoms. The number of rotatable bonds is 1. The zero-order valence-corrected chi connectivity index (χ0v) is 9.74. The van der Waals surface area contributed by atoms with Gasteiger partial charge in [0.15, 0.2) is 0 Å². The Morgan fingerprint density at radius 1 is 1.42 bits per heavy atom. The van der Waals surface area contributed by atoms with Crippen LogP contribution in [0.15, 0.2) is 0 Å². The van der Waals surface area contributed by atoms with Crippen molar-refractivity contribution in [3.63, 3.8) is 0 Å². The van der Waals surface area contributed by atoms with Crippen LogP contribution in [-0.2, 0) is 0 Å². The largest absolute Gasteiger partial charge is 0.292 e. The maximum absolute atomic E-state index is 2.64. The molecule has 0 N–H and O–H groups in total. The number of hydrogen-bond donors (Lipinski definition) is 0. The van der Waals surface area contributed by atoms with E-state index in [9.17, 15) is 0 Å². The lowest BCUT2D eigenvalue weighted by atomic mass is 10.0. The number of hydrogen-bond acceptors (Lipinski definition) is 2. The fourth-order valence-electron chi connectivity index (χ4n) is 2.44. The molecule has 72 valence electrons. The van der Waals surface area contributed by atoms with Gasteiger partial charge in [-0.25, -0.2) is 0 Å². The lowest BCUT2D eigenvalue weighted by Gasteiger charge is -2.48. The molecular weight excluding hydrogens is 166 g/mol. The van der Waals surface area contributed by atoms with Crippen LogP contribution in [0, 0.1) is 0 Å². The summed E-state index contributed by atoms with van der Waals surface area (Å²) in [5.74, 6) is 2.57. The monoisotopic (exact) mass is 187 g/mol. The third-order valence-corrected chi connectivity index (χ3v) is 4.17. The molecule has 0 aromatic rings. The van der Waals surface area contributed by atoms with Crippen molar-refractivity contribution in [3.8, 4) is 0 Å². The van der Waals surface area contributed by atoms with Crippen LogP contribution in [-0.4, -0.2) is 34.0 Å². The van der Waals surface area contributed by atoms with E-state index in [4.69, 9.17) is 0 Å². The van der Waals surface area contributed by atoms with E-state index in [-0.39, 0.29) is 0 Å². The van der Waals surface area contributed by atoms with Crippen molar-refractivity contribution in [3.05, 3.63) is 0 Å². The molecule has 0 spiro atoms. The van der Waals surface area contributed by atoms with Gasteiger partial charge in [0.2, 0.25) is 0 Å². The summed E-state index contributed by atoms with van der Waals surface area (Å²) >= 11 is 2.09. The van der Waals surface area contributed by atoms with Gasteiger partial charge in [0.1, 0.15) is 0 Å². The first-order valence-electron chi connectivity index (χ1n) is 4.81. The second-order valence-corrected chi connectivity index (χ2v) is 5.71. The Balaban J connectivity index is 2.74. The smallest absolute Gasteiger partial charge is 0.0249 e. The molecule has 0 radical (unpaired) electrons. The van der Waals surface area contributed by atoms with Gasteiger partial charge in [0, 0.05) is 29.1 Å². The first-order valence-corrected chi connectivity index (χ1v) is 5.97. The predicted octanol–water partition coefficient (Wildman–Crippen LogP) is 2.61. The molecule has 1 saturated heterocycles. The SMILES string of the molecule is CC(C)N1C(C)CSCC1(C)C. The predicted molar refractivity (Wildman–Crippen MR) is 57.8 cm³/mol. The van der Waals surface area contributed by atoms with Gasteiger partial charge < -0.3 is 0 Å². The van der Waals surface area contributed by atoms with E-state index < -0.39 is 0 Å². The minimum absolute atomic E-state index is 0.385. The first kappa shape index (κ1) is 10.4.